The third-order valence-electron chi connectivity index (χ3n) is 2.01. The average Bonchev–Trinajstić information content (AvgIpc) is 2.68. The van der Waals surface area contributed by atoms with Crippen molar-refractivity contribution in [3.05, 3.63) is 50.0 Å². The number of hydrogen-bond donors (Lipinski definition) is 0. The molecule has 2 rings (SSSR count). The van der Waals surface area contributed by atoms with Crippen molar-refractivity contribution in [3.8, 4) is 5.69 Å². The number of nitrogens with zero attached hydrogens (tertiary/aromatic N) is 3. The summed E-state index contributed by atoms with van der Waals surface area (Å²) in [6, 6.07) is 1.93. The minimum Gasteiger partial charge on any atom is -0.258 e. The molecule has 0 unspecified atom stereocenters. The summed E-state index contributed by atoms with van der Waals surface area (Å²) in [6.45, 7) is 0. The zero-order chi connectivity index (χ0) is 12.6. The van der Waals surface area contributed by atoms with Crippen molar-refractivity contribution < 1.29 is 9.31 Å². The zero-order valence-corrected chi connectivity index (χ0v) is 10.4. The molecule has 2 aromatic rings. The fourth-order valence-electron chi connectivity index (χ4n) is 1.29. The van der Waals surface area contributed by atoms with Crippen LogP contribution in [0.4, 0.5) is 10.1 Å². The van der Waals surface area contributed by atoms with Gasteiger partial charge in [-0.2, -0.15) is 5.10 Å². The van der Waals surface area contributed by atoms with Gasteiger partial charge < -0.3 is 0 Å². The quantitative estimate of drug-likeness (QED) is 0.630. The van der Waals surface area contributed by atoms with Gasteiger partial charge in [-0.25, -0.2) is 9.07 Å². The summed E-state index contributed by atoms with van der Waals surface area (Å²) in [5, 5.41) is 14.4. The van der Waals surface area contributed by atoms with Crippen molar-refractivity contribution in [1.29, 1.82) is 0 Å². The van der Waals surface area contributed by atoms with E-state index in [9.17, 15) is 14.5 Å². The third-order valence-corrected chi connectivity index (χ3v) is 2.71. The highest BCUT2D eigenvalue weighted by molar-refractivity contribution is 9.10. The largest absolute Gasteiger partial charge is 0.296 e. The Balaban J connectivity index is 2.67. The number of nitro groups is 1. The molecule has 0 spiro atoms. The molecule has 1 aromatic carbocycles. The molecule has 0 amide bonds. The Kier molecular flexibility index (Phi) is 3.12. The molecular weight excluding hydrogens is 316 g/mol. The van der Waals surface area contributed by atoms with Crippen LogP contribution in [0.5, 0.6) is 0 Å². The lowest BCUT2D eigenvalue weighted by Gasteiger charge is -2.04. The van der Waals surface area contributed by atoms with E-state index in [4.69, 9.17) is 11.6 Å². The van der Waals surface area contributed by atoms with Gasteiger partial charge in [-0.1, -0.05) is 11.6 Å². The second kappa shape index (κ2) is 4.42. The lowest BCUT2D eigenvalue weighted by Crippen LogP contribution is -2.01. The Morgan fingerprint density at radius 1 is 1.53 bits per heavy atom. The molecule has 0 radical (unpaired) electrons. The van der Waals surface area contributed by atoms with E-state index >= 15 is 0 Å². The Hall–Kier alpha value is -1.47. The van der Waals surface area contributed by atoms with E-state index in [-0.39, 0.29) is 16.4 Å². The third kappa shape index (κ3) is 2.29. The van der Waals surface area contributed by atoms with Crippen molar-refractivity contribution >= 4 is 33.2 Å². The van der Waals surface area contributed by atoms with E-state index in [1.54, 1.807) is 0 Å². The minimum atomic E-state index is -0.737. The van der Waals surface area contributed by atoms with Gasteiger partial charge in [0.15, 0.2) is 0 Å². The number of hydrogen-bond acceptors (Lipinski definition) is 3. The van der Waals surface area contributed by atoms with Crippen LogP contribution in [0, 0.1) is 15.9 Å². The summed E-state index contributed by atoms with van der Waals surface area (Å²) in [5.41, 5.74) is -0.297. The molecular formula is C9H4BrClFN3O2. The van der Waals surface area contributed by atoms with E-state index < -0.39 is 10.7 Å². The van der Waals surface area contributed by atoms with Gasteiger partial charge in [-0.3, -0.25) is 10.1 Å². The van der Waals surface area contributed by atoms with Crippen LogP contribution in [-0.2, 0) is 0 Å². The number of rotatable bonds is 2. The highest BCUT2D eigenvalue weighted by atomic mass is 79.9. The highest BCUT2D eigenvalue weighted by Gasteiger charge is 2.19. The molecule has 0 N–H and O–H groups in total. The Labute approximate surface area is 108 Å². The lowest BCUT2D eigenvalue weighted by atomic mass is 10.2. The second-order valence-corrected chi connectivity index (χ2v) is 4.44. The van der Waals surface area contributed by atoms with Crippen LogP contribution < -0.4 is 0 Å². The Bertz CT molecular complexity index is 602. The van der Waals surface area contributed by atoms with Gasteiger partial charge in [0.1, 0.15) is 11.5 Å². The summed E-state index contributed by atoms with van der Waals surface area (Å²) >= 11 is 8.66. The van der Waals surface area contributed by atoms with Crippen molar-refractivity contribution in [2.75, 3.05) is 0 Å². The Morgan fingerprint density at radius 3 is 2.76 bits per heavy atom. The smallest absolute Gasteiger partial charge is 0.258 e. The van der Waals surface area contributed by atoms with Crippen LogP contribution in [0.15, 0.2) is 29.0 Å². The normalized spacial score (nSPS) is 10.5. The number of benzene rings is 1. The fourth-order valence-corrected chi connectivity index (χ4v) is 1.73. The van der Waals surface area contributed by atoms with Gasteiger partial charge in [-0.05, 0) is 15.9 Å². The molecule has 17 heavy (non-hydrogen) atoms. The fraction of sp³-hybridized carbons (Fsp3) is 0. The molecule has 0 aliphatic rings. The number of halogens is 3. The van der Waals surface area contributed by atoms with Gasteiger partial charge in [0, 0.05) is 18.3 Å². The minimum absolute atomic E-state index is 0.0163. The van der Waals surface area contributed by atoms with E-state index in [0.717, 1.165) is 12.1 Å². The molecule has 0 atom stereocenters. The summed E-state index contributed by atoms with van der Waals surface area (Å²) in [6.07, 6.45) is 2.92. The maximum Gasteiger partial charge on any atom is 0.296 e. The molecule has 0 aliphatic carbocycles. The molecule has 88 valence electrons. The van der Waals surface area contributed by atoms with Crippen LogP contribution in [0.25, 0.3) is 5.69 Å². The first kappa shape index (κ1) is 12.0. The van der Waals surface area contributed by atoms with E-state index in [1.807, 2.05) is 0 Å². The van der Waals surface area contributed by atoms with Crippen molar-refractivity contribution in [2.45, 2.75) is 0 Å². The van der Waals surface area contributed by atoms with Crippen LogP contribution in [0.3, 0.4) is 0 Å². The summed E-state index contributed by atoms with van der Waals surface area (Å²) in [5.74, 6) is -0.737. The number of nitro benzene ring substituents is 1. The maximum absolute atomic E-state index is 13.3. The zero-order valence-electron chi connectivity index (χ0n) is 8.10. The summed E-state index contributed by atoms with van der Waals surface area (Å²) in [4.78, 5) is 10.2. The second-order valence-electron chi connectivity index (χ2n) is 3.12. The monoisotopic (exact) mass is 319 g/mol. The van der Waals surface area contributed by atoms with Gasteiger partial charge in [0.05, 0.1) is 20.6 Å². The average molecular weight is 321 g/mol. The number of aromatic nitrogens is 2. The van der Waals surface area contributed by atoms with Crippen LogP contribution in [0.2, 0.25) is 5.02 Å². The van der Waals surface area contributed by atoms with Crippen molar-refractivity contribution in [1.82, 2.24) is 9.78 Å². The molecule has 5 nitrogen and oxygen atoms in total. The predicted molar refractivity (Wildman–Crippen MR) is 62.9 cm³/mol. The first-order chi connectivity index (χ1) is 7.99. The Morgan fingerprint density at radius 2 is 2.24 bits per heavy atom. The van der Waals surface area contributed by atoms with Gasteiger partial charge >= 0.3 is 0 Å². The van der Waals surface area contributed by atoms with E-state index in [1.165, 1.54) is 17.1 Å². The summed E-state index contributed by atoms with van der Waals surface area (Å²) in [7, 11) is 0. The topological polar surface area (TPSA) is 61.0 Å². The first-order valence-corrected chi connectivity index (χ1v) is 5.50. The van der Waals surface area contributed by atoms with Crippen LogP contribution in [-0.4, -0.2) is 14.7 Å². The van der Waals surface area contributed by atoms with Gasteiger partial charge in [0.2, 0.25) is 0 Å². The molecule has 8 heteroatoms. The molecule has 0 saturated heterocycles. The standard InChI is InChI=1S/C9H4BrClFN3O2/c10-5-3-13-14(4-5)8-2-7(12)6(11)1-9(8)15(16)17/h1-4H. The first-order valence-electron chi connectivity index (χ1n) is 4.33. The van der Waals surface area contributed by atoms with Crippen molar-refractivity contribution in [2.24, 2.45) is 0 Å². The van der Waals surface area contributed by atoms with Crippen molar-refractivity contribution in [3.63, 3.8) is 0 Å². The molecule has 0 aliphatic heterocycles. The molecule has 0 bridgehead atoms. The lowest BCUT2D eigenvalue weighted by molar-refractivity contribution is -0.384. The highest BCUT2D eigenvalue weighted by Crippen LogP contribution is 2.29. The molecule has 0 saturated carbocycles. The predicted octanol–water partition coefficient (Wildman–Crippen LogP) is 3.34. The van der Waals surface area contributed by atoms with E-state index in [2.05, 4.69) is 21.0 Å². The molecule has 1 heterocycles. The molecule has 1 aromatic heterocycles. The molecule has 0 fully saturated rings. The van der Waals surface area contributed by atoms with E-state index in [0.29, 0.717) is 4.47 Å². The van der Waals surface area contributed by atoms with Gasteiger partial charge in [0.25, 0.3) is 5.69 Å². The van der Waals surface area contributed by atoms with Crippen LogP contribution >= 0.6 is 27.5 Å². The van der Waals surface area contributed by atoms with Gasteiger partial charge in [-0.15, -0.1) is 0 Å². The maximum atomic E-state index is 13.3. The van der Waals surface area contributed by atoms with Crippen LogP contribution in [0.1, 0.15) is 0 Å². The summed E-state index contributed by atoms with van der Waals surface area (Å²) < 4.78 is 15.1. The SMILES string of the molecule is O=[N+]([O-])c1cc(Cl)c(F)cc1-n1cc(Br)cn1.